The molecule has 1 aliphatic carbocycles. The number of para-hydroxylation sites is 4. The maximum absolute atomic E-state index is 12.8. The minimum atomic E-state index is 0.0265. The number of fused-ring (bicyclic) bond motifs is 6. The van der Waals surface area contributed by atoms with Crippen molar-refractivity contribution in [3.05, 3.63) is 115 Å². The molecule has 1 atom stereocenters. The van der Waals surface area contributed by atoms with Crippen molar-refractivity contribution >= 4 is 55.1 Å². The molecular weight excluding hydrogens is 428 g/mol. The van der Waals surface area contributed by atoms with Crippen LogP contribution < -0.4 is 0 Å². The molecule has 0 aliphatic heterocycles. The fourth-order valence-corrected chi connectivity index (χ4v) is 5.83. The molecule has 2 heterocycles. The largest absolute Gasteiger partial charge is 0.333 e. The van der Waals surface area contributed by atoms with Crippen LogP contribution in [-0.2, 0) is 4.79 Å². The first-order valence-corrected chi connectivity index (χ1v) is 12.1. The Balaban J connectivity index is 1.54. The molecule has 3 nitrogen and oxygen atoms in total. The number of nitrogens with zero attached hydrogens (tertiary/aromatic N) is 2. The number of carbonyl (C=O) groups excluding carboxylic acids is 1. The lowest BCUT2D eigenvalue weighted by Crippen LogP contribution is -2.15. The summed E-state index contributed by atoms with van der Waals surface area (Å²) in [5.74, 6) is 0.127. The predicted molar refractivity (Wildman–Crippen MR) is 146 cm³/mol. The van der Waals surface area contributed by atoms with Gasteiger partial charge in [0.1, 0.15) is 0 Å². The molecule has 6 aromatic rings. The van der Waals surface area contributed by atoms with Crippen LogP contribution >= 0.6 is 0 Å². The molecule has 0 fully saturated rings. The van der Waals surface area contributed by atoms with Crippen molar-refractivity contribution in [3.63, 3.8) is 0 Å². The Bertz CT molecular complexity index is 1750. The number of benzene rings is 4. The molecule has 0 N–H and O–H groups in total. The number of aromatic nitrogens is 2. The van der Waals surface area contributed by atoms with Gasteiger partial charge in [0.25, 0.3) is 0 Å². The fourth-order valence-electron chi connectivity index (χ4n) is 5.83. The van der Waals surface area contributed by atoms with E-state index in [4.69, 9.17) is 0 Å². The second kappa shape index (κ2) is 7.57. The first-order valence-electron chi connectivity index (χ1n) is 12.1. The van der Waals surface area contributed by atoms with E-state index < -0.39 is 0 Å². The summed E-state index contributed by atoms with van der Waals surface area (Å²) in [7, 11) is 0. The van der Waals surface area contributed by atoms with Gasteiger partial charge in [0.2, 0.25) is 0 Å². The molecule has 1 unspecified atom stereocenters. The highest BCUT2D eigenvalue weighted by molar-refractivity contribution is 6.11. The van der Waals surface area contributed by atoms with Gasteiger partial charge in [-0.25, -0.2) is 0 Å². The number of ketones is 1. The fraction of sp³-hybridized carbons (Fsp3) is 0.0938. The van der Waals surface area contributed by atoms with Crippen LogP contribution in [0.2, 0.25) is 0 Å². The summed E-state index contributed by atoms with van der Waals surface area (Å²) < 4.78 is 4.72. The first kappa shape index (κ1) is 20.0. The van der Waals surface area contributed by atoms with Gasteiger partial charge >= 0.3 is 0 Å². The van der Waals surface area contributed by atoms with Crippen LogP contribution in [0.25, 0.3) is 49.3 Å². The summed E-state index contributed by atoms with van der Waals surface area (Å²) in [4.78, 5) is 12.8. The highest BCUT2D eigenvalue weighted by Crippen LogP contribution is 2.40. The monoisotopic (exact) mass is 452 g/mol. The molecule has 3 heteroatoms. The van der Waals surface area contributed by atoms with E-state index in [1.807, 2.05) is 0 Å². The molecule has 168 valence electrons. The Morgan fingerprint density at radius 3 is 1.57 bits per heavy atom. The maximum atomic E-state index is 12.8. The zero-order chi connectivity index (χ0) is 23.5. The zero-order valence-corrected chi connectivity index (χ0v) is 19.5. The molecule has 0 saturated heterocycles. The van der Waals surface area contributed by atoms with Crippen LogP contribution in [-0.4, -0.2) is 14.9 Å². The summed E-state index contributed by atoms with van der Waals surface area (Å²) in [6.07, 6.45) is 5.11. The van der Waals surface area contributed by atoms with E-state index in [-0.39, 0.29) is 11.8 Å². The maximum Gasteiger partial charge on any atom is 0.155 e. The molecule has 0 radical (unpaired) electrons. The molecule has 35 heavy (non-hydrogen) atoms. The third-order valence-corrected chi connectivity index (χ3v) is 7.35. The van der Waals surface area contributed by atoms with Crippen LogP contribution in [0.4, 0.5) is 0 Å². The number of hydrogen-bond acceptors (Lipinski definition) is 1. The summed E-state index contributed by atoms with van der Waals surface area (Å²) in [5.41, 5.74) is 6.61. The smallest absolute Gasteiger partial charge is 0.155 e. The molecule has 0 bridgehead atoms. The Morgan fingerprint density at radius 2 is 1.09 bits per heavy atom. The van der Waals surface area contributed by atoms with Crippen molar-refractivity contribution in [1.29, 1.82) is 0 Å². The van der Waals surface area contributed by atoms with Crippen molar-refractivity contribution in [2.24, 2.45) is 0 Å². The van der Waals surface area contributed by atoms with Gasteiger partial charge in [0, 0.05) is 44.7 Å². The molecule has 4 aromatic carbocycles. The van der Waals surface area contributed by atoms with Gasteiger partial charge in [0.05, 0.1) is 17.1 Å². The molecule has 2 aromatic heterocycles. The van der Waals surface area contributed by atoms with Crippen molar-refractivity contribution in [2.75, 3.05) is 0 Å². The van der Waals surface area contributed by atoms with Crippen LogP contribution in [0.1, 0.15) is 19.4 Å². The number of rotatable bonds is 3. The number of Topliss-reactive ketones (excluding diaryl/α,β-unsaturated/α-hetero) is 1. The van der Waals surface area contributed by atoms with Crippen LogP contribution in [0.15, 0.2) is 115 Å². The summed E-state index contributed by atoms with van der Waals surface area (Å²) in [6.45, 7) is 1.68. The SMILES string of the molecule is CC(=O)C1=CC(n2c3ccccc3c3ccccc32)=CC(n2c3ccccc3c3ccccc32)C1. The van der Waals surface area contributed by atoms with Gasteiger partial charge in [-0.2, -0.15) is 0 Å². The van der Waals surface area contributed by atoms with E-state index in [2.05, 4.69) is 118 Å². The van der Waals surface area contributed by atoms with Crippen LogP contribution in [0.3, 0.4) is 0 Å². The highest BCUT2D eigenvalue weighted by atomic mass is 16.1. The third kappa shape index (κ3) is 2.95. The average Bonchev–Trinajstić information content (AvgIpc) is 3.42. The molecule has 0 saturated carbocycles. The minimum Gasteiger partial charge on any atom is -0.333 e. The van der Waals surface area contributed by atoms with Crippen LogP contribution in [0, 0.1) is 0 Å². The quantitative estimate of drug-likeness (QED) is 0.268. The molecule has 1 aliphatic rings. The third-order valence-electron chi connectivity index (χ3n) is 7.35. The van der Waals surface area contributed by atoms with E-state index in [0.717, 1.165) is 22.3 Å². The summed E-state index contributed by atoms with van der Waals surface area (Å²) >= 11 is 0. The molecular formula is C32H24N2O. The first-order chi connectivity index (χ1) is 17.2. The number of hydrogen-bond donors (Lipinski definition) is 0. The van der Waals surface area contributed by atoms with Gasteiger partial charge in [-0.1, -0.05) is 72.8 Å². The second-order valence-electron chi connectivity index (χ2n) is 9.36. The van der Waals surface area contributed by atoms with Crippen molar-refractivity contribution in [3.8, 4) is 0 Å². The van der Waals surface area contributed by atoms with E-state index in [0.29, 0.717) is 6.42 Å². The standard InChI is InChI=1S/C32H24N2O/c1-21(35)22-18-23(33-29-14-6-2-10-25(29)26-11-3-7-15-30(26)33)20-24(19-22)34-31-16-8-4-12-27(31)28-13-5-9-17-32(28)34/h2-18,20,24H,19H2,1H3. The van der Waals surface area contributed by atoms with Gasteiger partial charge in [0.15, 0.2) is 5.78 Å². The predicted octanol–water partition coefficient (Wildman–Crippen LogP) is 7.90. The minimum absolute atomic E-state index is 0.0265. The second-order valence-corrected chi connectivity index (χ2v) is 9.36. The Hall–Kier alpha value is -4.37. The van der Waals surface area contributed by atoms with Crippen molar-refractivity contribution in [1.82, 2.24) is 9.13 Å². The molecule has 0 amide bonds. The van der Waals surface area contributed by atoms with E-state index in [9.17, 15) is 4.79 Å². The molecule has 0 spiro atoms. The van der Waals surface area contributed by atoms with Crippen LogP contribution in [0.5, 0.6) is 0 Å². The van der Waals surface area contributed by atoms with Gasteiger partial charge in [-0.05, 0) is 48.9 Å². The number of carbonyl (C=O) groups is 1. The summed E-state index contributed by atoms with van der Waals surface area (Å²) in [6, 6.07) is 34.2. The van der Waals surface area contributed by atoms with E-state index >= 15 is 0 Å². The average molecular weight is 453 g/mol. The lowest BCUT2D eigenvalue weighted by atomic mass is 9.95. The lowest BCUT2D eigenvalue weighted by molar-refractivity contribution is -0.113. The highest BCUT2D eigenvalue weighted by Gasteiger charge is 2.25. The Morgan fingerprint density at radius 1 is 0.657 bits per heavy atom. The number of allylic oxidation sites excluding steroid dienone is 4. The van der Waals surface area contributed by atoms with Gasteiger partial charge in [-0.3, -0.25) is 4.79 Å². The van der Waals surface area contributed by atoms with Crippen molar-refractivity contribution < 1.29 is 4.79 Å². The van der Waals surface area contributed by atoms with Crippen molar-refractivity contribution in [2.45, 2.75) is 19.4 Å². The van der Waals surface area contributed by atoms with E-state index in [1.165, 1.54) is 32.6 Å². The summed E-state index contributed by atoms with van der Waals surface area (Å²) in [5, 5.41) is 4.93. The topological polar surface area (TPSA) is 26.9 Å². The van der Waals surface area contributed by atoms with Gasteiger partial charge in [-0.15, -0.1) is 0 Å². The Labute approximate surface area is 203 Å². The van der Waals surface area contributed by atoms with Gasteiger partial charge < -0.3 is 9.13 Å². The van der Waals surface area contributed by atoms with E-state index in [1.54, 1.807) is 6.92 Å². The zero-order valence-electron chi connectivity index (χ0n) is 19.5. The molecule has 7 rings (SSSR count). The normalized spacial score (nSPS) is 16.2. The Kier molecular flexibility index (Phi) is 4.34. The lowest BCUT2D eigenvalue weighted by Gasteiger charge is -2.25.